The molecule has 0 bridgehead atoms. The van der Waals surface area contributed by atoms with E-state index in [0.29, 0.717) is 18.8 Å². The number of nitrogens with two attached hydrogens (primary N) is 1. The number of thioether (sulfide) groups is 1. The van der Waals surface area contributed by atoms with Crippen molar-refractivity contribution < 1.29 is 4.79 Å². The van der Waals surface area contributed by atoms with E-state index in [1.165, 1.54) is 11.8 Å². The van der Waals surface area contributed by atoms with Crippen LogP contribution in [0.2, 0.25) is 0 Å². The minimum atomic E-state index is -0.0774. The quantitative estimate of drug-likeness (QED) is 0.616. The minimum absolute atomic E-state index is 0.0774. The number of aryl methyl sites for hydroxylation is 1. The van der Waals surface area contributed by atoms with E-state index >= 15 is 0 Å². The van der Waals surface area contributed by atoms with E-state index in [0.717, 1.165) is 10.5 Å². The van der Waals surface area contributed by atoms with Crippen LogP contribution in [0.15, 0.2) is 23.1 Å². The molecule has 0 heterocycles. The second kappa shape index (κ2) is 8.89. The number of nitriles is 2. The molecule has 110 valence electrons. The number of anilines is 1. The standard InChI is InChI=1S/C15H18N4OS/c1-12-5-2-6-13(15(12)18)21-11-14(20)19(9-3-7-16)10-4-8-17/h2,5-6H,3-4,9-11,18H2,1H3. The Balaban J connectivity index is 2.62. The molecule has 5 nitrogen and oxygen atoms in total. The molecule has 0 aliphatic heterocycles. The van der Waals surface area contributed by atoms with Crippen LogP contribution in [0, 0.1) is 29.6 Å². The Morgan fingerprint density at radius 1 is 1.29 bits per heavy atom. The smallest absolute Gasteiger partial charge is 0.232 e. The molecule has 0 spiro atoms. The van der Waals surface area contributed by atoms with Crippen molar-refractivity contribution in [3.63, 3.8) is 0 Å². The molecule has 0 fully saturated rings. The third-order valence-electron chi connectivity index (χ3n) is 2.98. The topological polar surface area (TPSA) is 93.9 Å². The van der Waals surface area contributed by atoms with Crippen molar-refractivity contribution in [2.75, 3.05) is 24.6 Å². The van der Waals surface area contributed by atoms with Crippen LogP contribution in [0.3, 0.4) is 0 Å². The molecular formula is C15H18N4OS. The second-order valence-corrected chi connectivity index (χ2v) is 5.49. The third kappa shape index (κ3) is 5.37. The molecule has 1 aromatic rings. The SMILES string of the molecule is Cc1cccc(SCC(=O)N(CCC#N)CCC#N)c1N. The predicted molar refractivity (Wildman–Crippen MR) is 83.4 cm³/mol. The lowest BCUT2D eigenvalue weighted by Crippen LogP contribution is -2.34. The van der Waals surface area contributed by atoms with Crippen LogP contribution in [0.1, 0.15) is 18.4 Å². The summed E-state index contributed by atoms with van der Waals surface area (Å²) in [5.41, 5.74) is 7.65. The average Bonchev–Trinajstić information content (AvgIpc) is 2.48. The van der Waals surface area contributed by atoms with E-state index in [-0.39, 0.29) is 24.5 Å². The van der Waals surface area contributed by atoms with Gasteiger partial charge in [0.2, 0.25) is 5.91 Å². The van der Waals surface area contributed by atoms with Crippen LogP contribution in [0.25, 0.3) is 0 Å². The van der Waals surface area contributed by atoms with Gasteiger partial charge in [-0.15, -0.1) is 11.8 Å². The van der Waals surface area contributed by atoms with Crippen LogP contribution < -0.4 is 5.73 Å². The summed E-state index contributed by atoms with van der Waals surface area (Å²) in [5, 5.41) is 17.2. The number of amides is 1. The average molecular weight is 302 g/mol. The van der Waals surface area contributed by atoms with Crippen LogP contribution in [0.4, 0.5) is 5.69 Å². The van der Waals surface area contributed by atoms with Gasteiger partial charge in [0.1, 0.15) is 0 Å². The zero-order chi connectivity index (χ0) is 15.7. The molecule has 0 aliphatic rings. The van der Waals surface area contributed by atoms with E-state index in [1.807, 2.05) is 37.3 Å². The summed E-state index contributed by atoms with van der Waals surface area (Å²) < 4.78 is 0. The number of hydrogen-bond donors (Lipinski definition) is 1. The number of para-hydroxylation sites is 1. The summed E-state index contributed by atoms with van der Waals surface area (Å²) in [6.45, 7) is 2.65. The molecule has 0 aliphatic carbocycles. The van der Waals surface area contributed by atoms with Gasteiger partial charge in [0.05, 0.1) is 30.7 Å². The van der Waals surface area contributed by atoms with Crippen LogP contribution in [0.5, 0.6) is 0 Å². The fourth-order valence-corrected chi connectivity index (χ4v) is 2.69. The molecule has 0 aromatic heterocycles. The predicted octanol–water partition coefficient (Wildman–Crippen LogP) is 2.33. The first-order valence-corrected chi connectivity index (χ1v) is 7.58. The first-order valence-electron chi connectivity index (χ1n) is 6.59. The van der Waals surface area contributed by atoms with Crippen molar-refractivity contribution in [2.45, 2.75) is 24.7 Å². The zero-order valence-corrected chi connectivity index (χ0v) is 12.8. The number of benzene rings is 1. The number of nitrogens with zero attached hydrogens (tertiary/aromatic N) is 3. The Bertz CT molecular complexity index is 556. The monoisotopic (exact) mass is 302 g/mol. The highest BCUT2D eigenvalue weighted by Gasteiger charge is 2.14. The lowest BCUT2D eigenvalue weighted by Gasteiger charge is -2.20. The Morgan fingerprint density at radius 3 is 2.48 bits per heavy atom. The fourth-order valence-electron chi connectivity index (χ4n) is 1.74. The van der Waals surface area contributed by atoms with E-state index in [2.05, 4.69) is 0 Å². The maximum Gasteiger partial charge on any atom is 0.232 e. The Kier molecular flexibility index (Phi) is 7.14. The van der Waals surface area contributed by atoms with Crippen molar-refractivity contribution in [2.24, 2.45) is 0 Å². The van der Waals surface area contributed by atoms with Gasteiger partial charge in [0.15, 0.2) is 0 Å². The van der Waals surface area contributed by atoms with E-state index in [4.69, 9.17) is 16.3 Å². The number of nitrogen functional groups attached to an aromatic ring is 1. The summed E-state index contributed by atoms with van der Waals surface area (Å²) in [4.78, 5) is 14.6. The molecular weight excluding hydrogens is 284 g/mol. The molecule has 1 amide bonds. The minimum Gasteiger partial charge on any atom is -0.398 e. The van der Waals surface area contributed by atoms with Gasteiger partial charge in [0.25, 0.3) is 0 Å². The Labute approximate surface area is 129 Å². The molecule has 0 atom stereocenters. The van der Waals surface area contributed by atoms with Gasteiger partial charge in [-0.1, -0.05) is 12.1 Å². The molecule has 1 rings (SSSR count). The Hall–Kier alpha value is -2.18. The zero-order valence-electron chi connectivity index (χ0n) is 12.0. The highest BCUT2D eigenvalue weighted by molar-refractivity contribution is 8.00. The van der Waals surface area contributed by atoms with Crippen LogP contribution >= 0.6 is 11.8 Å². The molecule has 21 heavy (non-hydrogen) atoms. The number of rotatable bonds is 7. The first-order chi connectivity index (χ1) is 10.1. The summed E-state index contributed by atoms with van der Waals surface area (Å²) in [5.74, 6) is 0.177. The van der Waals surface area contributed by atoms with Crippen LogP contribution in [-0.4, -0.2) is 29.6 Å². The summed E-state index contributed by atoms with van der Waals surface area (Å²) in [6, 6.07) is 9.74. The molecule has 1 aromatic carbocycles. The van der Waals surface area contributed by atoms with Gasteiger partial charge in [-0.05, 0) is 18.6 Å². The Morgan fingerprint density at radius 2 is 1.90 bits per heavy atom. The number of carbonyl (C=O) groups excluding carboxylic acids is 1. The summed E-state index contributed by atoms with van der Waals surface area (Å²) >= 11 is 1.38. The summed E-state index contributed by atoms with van der Waals surface area (Å²) in [7, 11) is 0. The first kappa shape index (κ1) is 16.9. The lowest BCUT2D eigenvalue weighted by atomic mass is 10.2. The highest BCUT2D eigenvalue weighted by Crippen LogP contribution is 2.27. The van der Waals surface area contributed by atoms with Crippen molar-refractivity contribution in [3.8, 4) is 12.1 Å². The molecule has 0 saturated heterocycles. The largest absolute Gasteiger partial charge is 0.398 e. The third-order valence-corrected chi connectivity index (χ3v) is 4.03. The lowest BCUT2D eigenvalue weighted by molar-refractivity contribution is -0.128. The molecule has 0 saturated carbocycles. The number of hydrogen-bond acceptors (Lipinski definition) is 5. The molecule has 6 heteroatoms. The van der Waals surface area contributed by atoms with E-state index in [9.17, 15) is 4.79 Å². The van der Waals surface area contributed by atoms with Crippen molar-refractivity contribution in [1.29, 1.82) is 10.5 Å². The summed E-state index contributed by atoms with van der Waals surface area (Å²) in [6.07, 6.45) is 0.544. The van der Waals surface area contributed by atoms with Gasteiger partial charge in [0, 0.05) is 23.7 Å². The van der Waals surface area contributed by atoms with Crippen molar-refractivity contribution in [3.05, 3.63) is 23.8 Å². The normalized spacial score (nSPS) is 9.67. The van der Waals surface area contributed by atoms with E-state index < -0.39 is 0 Å². The van der Waals surface area contributed by atoms with Crippen LogP contribution in [-0.2, 0) is 4.79 Å². The van der Waals surface area contributed by atoms with Gasteiger partial charge >= 0.3 is 0 Å². The van der Waals surface area contributed by atoms with Gasteiger partial charge < -0.3 is 10.6 Å². The van der Waals surface area contributed by atoms with Crippen molar-refractivity contribution >= 4 is 23.4 Å². The molecule has 2 N–H and O–H groups in total. The van der Waals surface area contributed by atoms with E-state index in [1.54, 1.807) is 4.90 Å². The molecule has 0 unspecified atom stereocenters. The van der Waals surface area contributed by atoms with Gasteiger partial charge in [-0.3, -0.25) is 4.79 Å². The highest BCUT2D eigenvalue weighted by atomic mass is 32.2. The fraction of sp³-hybridized carbons (Fsp3) is 0.400. The maximum absolute atomic E-state index is 12.2. The van der Waals surface area contributed by atoms with Crippen molar-refractivity contribution in [1.82, 2.24) is 4.90 Å². The van der Waals surface area contributed by atoms with Gasteiger partial charge in [-0.25, -0.2) is 0 Å². The second-order valence-electron chi connectivity index (χ2n) is 4.47. The number of carbonyl (C=O) groups is 1. The van der Waals surface area contributed by atoms with Gasteiger partial charge in [-0.2, -0.15) is 10.5 Å². The molecule has 0 radical (unpaired) electrons. The maximum atomic E-state index is 12.2.